The molecular weight excluding hydrogens is 218 g/mol. The number of carbonyl (C=O) groups is 1. The molecule has 6 nitrogen and oxygen atoms in total. The Balaban J connectivity index is 2.75. The summed E-state index contributed by atoms with van der Waals surface area (Å²) in [6, 6.07) is 0. The molecule has 15 heavy (non-hydrogen) atoms. The van der Waals surface area contributed by atoms with Crippen LogP contribution in [0.1, 0.15) is 12.6 Å². The van der Waals surface area contributed by atoms with E-state index in [0.29, 0.717) is 17.1 Å². The van der Waals surface area contributed by atoms with Gasteiger partial charge in [-0.1, -0.05) is 5.16 Å². The fraction of sp³-hybridized carbons (Fsp3) is 0.375. The first-order valence-electron chi connectivity index (χ1n) is 4.10. The number of aromatic nitrogens is 1. The molecule has 0 aliphatic rings. The van der Waals surface area contributed by atoms with Gasteiger partial charge in [0.25, 0.3) is 0 Å². The molecule has 1 unspecified atom stereocenters. The van der Waals surface area contributed by atoms with Crippen LogP contribution in [0.25, 0.3) is 0 Å². The van der Waals surface area contributed by atoms with Gasteiger partial charge in [0.1, 0.15) is 5.69 Å². The second kappa shape index (κ2) is 5.42. The fourth-order valence-corrected chi connectivity index (χ4v) is 1.26. The lowest BCUT2D eigenvalue weighted by Gasteiger charge is -2.06. The predicted molar refractivity (Wildman–Crippen MR) is 56.7 cm³/mol. The van der Waals surface area contributed by atoms with Crippen LogP contribution in [0.4, 0.5) is 5.13 Å². The maximum atomic E-state index is 10.7. The maximum Gasteiger partial charge on any atom is 0.223 e. The van der Waals surface area contributed by atoms with Crippen molar-refractivity contribution in [2.75, 3.05) is 12.8 Å². The van der Waals surface area contributed by atoms with Gasteiger partial charge in [0.2, 0.25) is 6.29 Å². The molecule has 0 spiro atoms. The van der Waals surface area contributed by atoms with E-state index in [2.05, 4.69) is 10.1 Å². The molecule has 1 atom stereocenters. The summed E-state index contributed by atoms with van der Waals surface area (Å²) in [7, 11) is 1.47. The van der Waals surface area contributed by atoms with Gasteiger partial charge in [-0.2, -0.15) is 0 Å². The lowest BCUT2D eigenvalue weighted by molar-refractivity contribution is -0.112. The number of rotatable bonds is 5. The van der Waals surface area contributed by atoms with Crippen LogP contribution in [-0.4, -0.2) is 30.4 Å². The van der Waals surface area contributed by atoms with Crippen LogP contribution in [0.2, 0.25) is 0 Å². The summed E-state index contributed by atoms with van der Waals surface area (Å²) < 4.78 is 4.80. The predicted octanol–water partition coefficient (Wildman–Crippen LogP) is 0.637. The number of carbonyl (C=O) groups excluding carboxylic acids is 1. The van der Waals surface area contributed by atoms with Gasteiger partial charge in [-0.3, -0.25) is 4.79 Å². The van der Waals surface area contributed by atoms with Crippen molar-refractivity contribution >= 4 is 28.5 Å². The number of nitrogen functional groups attached to an aromatic ring is 1. The number of aldehydes is 1. The van der Waals surface area contributed by atoms with E-state index in [4.69, 9.17) is 15.3 Å². The van der Waals surface area contributed by atoms with Crippen LogP contribution in [0, 0.1) is 0 Å². The largest absolute Gasteiger partial charge is 0.375 e. The Bertz CT molecular complexity index is 364. The van der Waals surface area contributed by atoms with Gasteiger partial charge in [-0.05, 0) is 0 Å². The van der Waals surface area contributed by atoms with Gasteiger partial charge in [-0.15, -0.1) is 11.3 Å². The molecule has 1 heterocycles. The first kappa shape index (κ1) is 11.6. The Morgan fingerprint density at radius 2 is 2.53 bits per heavy atom. The van der Waals surface area contributed by atoms with Gasteiger partial charge >= 0.3 is 0 Å². The summed E-state index contributed by atoms with van der Waals surface area (Å²) in [5, 5.41) is 5.61. The molecule has 1 rings (SSSR count). The molecule has 7 heteroatoms. The number of hydrogen-bond donors (Lipinski definition) is 1. The molecule has 82 valence electrons. The minimum absolute atomic E-state index is 0.0897. The zero-order valence-electron chi connectivity index (χ0n) is 8.34. The molecule has 0 saturated heterocycles. The Labute approximate surface area is 90.7 Å². The van der Waals surface area contributed by atoms with Crippen molar-refractivity contribution in [3.8, 4) is 0 Å². The van der Waals surface area contributed by atoms with Crippen LogP contribution in [-0.2, 0) is 14.4 Å². The molecule has 0 saturated carbocycles. The summed E-state index contributed by atoms with van der Waals surface area (Å²) in [6.45, 7) is 1.65. The number of thiazole rings is 1. The molecule has 0 amide bonds. The van der Waals surface area contributed by atoms with E-state index in [1.165, 1.54) is 18.4 Å². The minimum Gasteiger partial charge on any atom is -0.375 e. The van der Waals surface area contributed by atoms with Gasteiger partial charge in [0, 0.05) is 19.4 Å². The number of hydrogen-bond acceptors (Lipinski definition) is 7. The van der Waals surface area contributed by atoms with Crippen LogP contribution in [0.5, 0.6) is 0 Å². The van der Waals surface area contributed by atoms with E-state index in [1.54, 1.807) is 12.3 Å². The third-order valence-electron chi connectivity index (χ3n) is 1.53. The SMILES string of the molecule is COC(C)ON=C(C=O)c1csc(N)n1. The highest BCUT2D eigenvalue weighted by atomic mass is 32.1. The van der Waals surface area contributed by atoms with Crippen LogP contribution >= 0.6 is 11.3 Å². The minimum atomic E-state index is -0.518. The van der Waals surface area contributed by atoms with Crippen molar-refractivity contribution in [1.82, 2.24) is 4.98 Å². The first-order valence-corrected chi connectivity index (χ1v) is 4.98. The second-order valence-corrected chi connectivity index (χ2v) is 3.46. The van der Waals surface area contributed by atoms with E-state index in [0.717, 1.165) is 0 Å². The standard InChI is InChI=1S/C8H11N3O3S/c1-5(13-2)14-11-6(3-12)7-4-15-8(9)10-7/h3-5H,1-2H3,(H2,9,10). The van der Waals surface area contributed by atoms with E-state index < -0.39 is 6.29 Å². The van der Waals surface area contributed by atoms with Gasteiger partial charge in [-0.25, -0.2) is 4.98 Å². The molecular formula is C8H11N3O3S. The molecule has 1 aromatic heterocycles. The Morgan fingerprint density at radius 3 is 3.00 bits per heavy atom. The monoisotopic (exact) mass is 229 g/mol. The molecule has 0 bridgehead atoms. The molecule has 2 N–H and O–H groups in total. The van der Waals surface area contributed by atoms with Gasteiger partial charge < -0.3 is 15.3 Å². The number of oxime groups is 1. The van der Waals surface area contributed by atoms with E-state index >= 15 is 0 Å². The molecule has 1 aromatic rings. The maximum absolute atomic E-state index is 10.7. The highest BCUT2D eigenvalue weighted by molar-refractivity contribution is 7.13. The topological polar surface area (TPSA) is 86.8 Å². The number of methoxy groups -OCH3 is 1. The number of nitrogens with zero attached hydrogens (tertiary/aromatic N) is 2. The number of ether oxygens (including phenoxy) is 1. The van der Waals surface area contributed by atoms with Crippen molar-refractivity contribution in [1.29, 1.82) is 0 Å². The van der Waals surface area contributed by atoms with Crippen molar-refractivity contribution in [3.05, 3.63) is 11.1 Å². The zero-order valence-corrected chi connectivity index (χ0v) is 9.15. The lowest BCUT2D eigenvalue weighted by atomic mass is 10.3. The van der Waals surface area contributed by atoms with Crippen molar-refractivity contribution in [2.45, 2.75) is 13.2 Å². The molecule has 0 aromatic carbocycles. The first-order chi connectivity index (χ1) is 7.17. The third-order valence-corrected chi connectivity index (χ3v) is 2.20. The smallest absolute Gasteiger partial charge is 0.223 e. The number of anilines is 1. The summed E-state index contributed by atoms with van der Waals surface area (Å²) in [5.74, 6) is 0. The summed E-state index contributed by atoms with van der Waals surface area (Å²) >= 11 is 1.23. The van der Waals surface area contributed by atoms with Crippen molar-refractivity contribution in [2.24, 2.45) is 5.16 Å². The molecule has 0 fully saturated rings. The van der Waals surface area contributed by atoms with Crippen molar-refractivity contribution in [3.63, 3.8) is 0 Å². The Morgan fingerprint density at radius 1 is 1.80 bits per heavy atom. The Kier molecular flexibility index (Phi) is 4.19. The van der Waals surface area contributed by atoms with Crippen LogP contribution < -0.4 is 5.73 Å². The Hall–Kier alpha value is -1.47. The summed E-state index contributed by atoms with van der Waals surface area (Å²) in [5.41, 5.74) is 5.91. The average molecular weight is 229 g/mol. The van der Waals surface area contributed by atoms with E-state index in [-0.39, 0.29) is 5.71 Å². The highest BCUT2D eigenvalue weighted by Gasteiger charge is 2.08. The van der Waals surface area contributed by atoms with Gasteiger partial charge in [0.15, 0.2) is 17.1 Å². The average Bonchev–Trinajstić information content (AvgIpc) is 2.65. The molecule has 0 radical (unpaired) electrons. The number of nitrogens with two attached hydrogens (primary N) is 1. The van der Waals surface area contributed by atoms with Crippen LogP contribution in [0.3, 0.4) is 0 Å². The van der Waals surface area contributed by atoms with Crippen molar-refractivity contribution < 1.29 is 14.4 Å². The van der Waals surface area contributed by atoms with E-state index in [9.17, 15) is 4.79 Å². The quantitative estimate of drug-likeness (QED) is 0.346. The third kappa shape index (κ3) is 3.30. The van der Waals surface area contributed by atoms with Crippen LogP contribution in [0.15, 0.2) is 10.5 Å². The fourth-order valence-electron chi connectivity index (χ4n) is 0.708. The lowest BCUT2D eigenvalue weighted by Crippen LogP contribution is -2.10. The molecule has 0 aliphatic heterocycles. The second-order valence-electron chi connectivity index (χ2n) is 2.57. The zero-order chi connectivity index (χ0) is 11.3. The summed E-state index contributed by atoms with van der Waals surface area (Å²) in [4.78, 5) is 19.5. The summed E-state index contributed by atoms with van der Waals surface area (Å²) in [6.07, 6.45) is 0.0348. The highest BCUT2D eigenvalue weighted by Crippen LogP contribution is 2.11. The molecule has 0 aliphatic carbocycles. The van der Waals surface area contributed by atoms with E-state index in [1.807, 2.05) is 0 Å². The normalized spacial score (nSPS) is 13.6. The van der Waals surface area contributed by atoms with Gasteiger partial charge in [0.05, 0.1) is 0 Å².